The van der Waals surface area contributed by atoms with Crippen molar-refractivity contribution >= 4 is 17.6 Å². The van der Waals surface area contributed by atoms with Crippen molar-refractivity contribution in [1.29, 1.82) is 0 Å². The van der Waals surface area contributed by atoms with Crippen molar-refractivity contribution in [3.8, 4) is 0 Å². The minimum Gasteiger partial charge on any atom is -0.355 e. The molecule has 0 unspecified atom stereocenters. The maximum atomic E-state index is 13.7. The lowest BCUT2D eigenvalue weighted by molar-refractivity contribution is -0.141. The van der Waals surface area contributed by atoms with Gasteiger partial charge in [-0.2, -0.15) is 0 Å². The van der Waals surface area contributed by atoms with Gasteiger partial charge in [-0.3, -0.25) is 9.59 Å². The fraction of sp³-hybridized carbons (Fsp3) is 0.435. The fourth-order valence-corrected chi connectivity index (χ4v) is 4.93. The highest BCUT2D eigenvalue weighted by Crippen LogP contribution is 2.45. The van der Waals surface area contributed by atoms with Gasteiger partial charge in [0.15, 0.2) is 0 Å². The number of aromatic nitrogens is 1. The number of nitrogens with zero attached hydrogens (tertiary/aromatic N) is 4. The van der Waals surface area contributed by atoms with E-state index in [2.05, 4.69) is 9.88 Å². The summed E-state index contributed by atoms with van der Waals surface area (Å²) in [7, 11) is 3.58. The van der Waals surface area contributed by atoms with E-state index in [9.17, 15) is 14.0 Å². The Morgan fingerprint density at radius 1 is 1.17 bits per heavy atom. The van der Waals surface area contributed by atoms with Crippen molar-refractivity contribution in [3.05, 3.63) is 60.0 Å². The van der Waals surface area contributed by atoms with Crippen LogP contribution in [0.25, 0.3) is 0 Å². The van der Waals surface area contributed by atoms with E-state index >= 15 is 0 Å². The zero-order valence-corrected chi connectivity index (χ0v) is 17.4. The molecule has 2 aliphatic heterocycles. The van der Waals surface area contributed by atoms with Gasteiger partial charge >= 0.3 is 0 Å². The van der Waals surface area contributed by atoms with Crippen molar-refractivity contribution < 1.29 is 14.0 Å². The molecule has 158 valence electrons. The van der Waals surface area contributed by atoms with Crippen LogP contribution in [0.3, 0.4) is 0 Å². The summed E-state index contributed by atoms with van der Waals surface area (Å²) >= 11 is 0. The van der Waals surface area contributed by atoms with Crippen molar-refractivity contribution in [2.45, 2.75) is 12.8 Å². The smallest absolute Gasteiger partial charge is 0.253 e. The topological polar surface area (TPSA) is 56.8 Å². The Morgan fingerprint density at radius 2 is 2.00 bits per heavy atom. The molecule has 6 nitrogen and oxygen atoms in total. The first-order valence-corrected chi connectivity index (χ1v) is 10.3. The Bertz CT molecular complexity index is 936. The third kappa shape index (κ3) is 3.64. The van der Waals surface area contributed by atoms with Crippen LogP contribution in [0, 0.1) is 17.2 Å². The maximum Gasteiger partial charge on any atom is 0.253 e. The summed E-state index contributed by atoms with van der Waals surface area (Å²) < 4.78 is 13.7. The quantitative estimate of drug-likeness (QED) is 0.781. The molecule has 0 spiro atoms. The van der Waals surface area contributed by atoms with Crippen LogP contribution in [-0.2, 0) is 4.79 Å². The third-order valence-electron chi connectivity index (χ3n) is 6.35. The number of amides is 2. The Balaban J connectivity index is 1.64. The van der Waals surface area contributed by atoms with Crippen LogP contribution in [0.15, 0.2) is 48.7 Å². The van der Waals surface area contributed by atoms with Crippen LogP contribution >= 0.6 is 0 Å². The number of rotatable bonds is 3. The van der Waals surface area contributed by atoms with Crippen LogP contribution in [0.1, 0.15) is 23.2 Å². The van der Waals surface area contributed by atoms with Gasteiger partial charge < -0.3 is 14.7 Å². The van der Waals surface area contributed by atoms with E-state index in [1.807, 2.05) is 18.2 Å². The second kappa shape index (κ2) is 8.05. The lowest BCUT2D eigenvalue weighted by Gasteiger charge is -2.34. The van der Waals surface area contributed by atoms with E-state index in [1.54, 1.807) is 42.2 Å². The first-order chi connectivity index (χ1) is 14.4. The van der Waals surface area contributed by atoms with E-state index in [0.717, 1.165) is 12.2 Å². The normalized spacial score (nSPS) is 23.6. The standard InChI is InChI=1S/C23H27FN4O2/c1-26(2)22(30)23-10-6-12-27(21(29)17-7-5-8-19(24)13-17)14-18(23)15-28(16-23)20-9-3-4-11-25-20/h3-5,7-9,11,13,18H,6,10,12,14-16H2,1-2H3/t18-,23-/m0/s1. The van der Waals surface area contributed by atoms with Gasteiger partial charge in [0.25, 0.3) is 5.91 Å². The highest BCUT2D eigenvalue weighted by atomic mass is 19.1. The van der Waals surface area contributed by atoms with Gasteiger partial charge in [0.05, 0.1) is 5.41 Å². The molecule has 4 rings (SSSR count). The largest absolute Gasteiger partial charge is 0.355 e. The monoisotopic (exact) mass is 410 g/mol. The fourth-order valence-electron chi connectivity index (χ4n) is 4.93. The number of carbonyl (C=O) groups is 2. The van der Waals surface area contributed by atoms with E-state index in [4.69, 9.17) is 0 Å². The number of carbonyl (C=O) groups excluding carboxylic acids is 2. The number of pyridine rings is 1. The molecule has 2 fully saturated rings. The summed E-state index contributed by atoms with van der Waals surface area (Å²) in [6.45, 7) is 2.29. The third-order valence-corrected chi connectivity index (χ3v) is 6.35. The van der Waals surface area contributed by atoms with Gasteiger partial charge in [-0.15, -0.1) is 0 Å². The predicted octanol–water partition coefficient (Wildman–Crippen LogP) is 2.67. The van der Waals surface area contributed by atoms with Gasteiger partial charge in [-0.25, -0.2) is 9.37 Å². The number of hydrogen-bond acceptors (Lipinski definition) is 4. The predicted molar refractivity (Wildman–Crippen MR) is 113 cm³/mol. The molecule has 30 heavy (non-hydrogen) atoms. The maximum absolute atomic E-state index is 13.7. The molecule has 1 aromatic carbocycles. The SMILES string of the molecule is CN(C)C(=O)[C@]12CCCN(C(=O)c3cccc(F)c3)C[C@H]1CN(c1ccccn1)C2. The molecule has 0 bridgehead atoms. The lowest BCUT2D eigenvalue weighted by atomic mass is 9.74. The first-order valence-electron chi connectivity index (χ1n) is 10.3. The molecule has 0 N–H and O–H groups in total. The van der Waals surface area contributed by atoms with Crippen molar-refractivity contribution in [1.82, 2.24) is 14.8 Å². The molecule has 2 atom stereocenters. The van der Waals surface area contributed by atoms with E-state index in [0.29, 0.717) is 38.2 Å². The number of benzene rings is 1. The van der Waals surface area contributed by atoms with E-state index in [1.165, 1.54) is 12.1 Å². The van der Waals surface area contributed by atoms with Crippen molar-refractivity contribution in [2.24, 2.45) is 11.3 Å². The molecule has 0 radical (unpaired) electrons. The number of anilines is 1. The lowest BCUT2D eigenvalue weighted by Crippen LogP contribution is -2.47. The van der Waals surface area contributed by atoms with Gasteiger partial charge in [-0.05, 0) is 43.2 Å². The minimum absolute atomic E-state index is 0.0191. The Kier molecular flexibility index (Phi) is 5.45. The summed E-state index contributed by atoms with van der Waals surface area (Å²) in [6.07, 6.45) is 3.20. The molecule has 1 aromatic heterocycles. The summed E-state index contributed by atoms with van der Waals surface area (Å²) in [5.41, 5.74) is -0.209. The average molecular weight is 410 g/mol. The Hall–Kier alpha value is -2.96. The van der Waals surface area contributed by atoms with Gasteiger partial charge in [-0.1, -0.05) is 12.1 Å². The molecule has 2 amide bonds. The zero-order valence-electron chi connectivity index (χ0n) is 17.4. The summed E-state index contributed by atoms with van der Waals surface area (Å²) in [6, 6.07) is 11.6. The van der Waals surface area contributed by atoms with Crippen LogP contribution < -0.4 is 4.90 Å². The Morgan fingerprint density at radius 3 is 2.70 bits per heavy atom. The summed E-state index contributed by atoms with van der Waals surface area (Å²) in [5.74, 6) is 0.328. The number of fused-ring (bicyclic) bond motifs is 1. The molecule has 2 aliphatic rings. The van der Waals surface area contributed by atoms with Crippen LogP contribution in [0.5, 0.6) is 0 Å². The molecule has 7 heteroatoms. The summed E-state index contributed by atoms with van der Waals surface area (Å²) in [4.78, 5) is 36.5. The van der Waals surface area contributed by atoms with Crippen LogP contribution in [0.4, 0.5) is 10.2 Å². The first kappa shape index (κ1) is 20.3. The van der Waals surface area contributed by atoms with Crippen LogP contribution in [-0.4, -0.2) is 66.9 Å². The molecule has 0 aliphatic carbocycles. The van der Waals surface area contributed by atoms with Crippen molar-refractivity contribution in [2.75, 3.05) is 45.2 Å². The molecular weight excluding hydrogens is 383 g/mol. The second-order valence-electron chi connectivity index (χ2n) is 8.49. The molecule has 3 heterocycles. The molecule has 2 saturated heterocycles. The van der Waals surface area contributed by atoms with Crippen LogP contribution in [0.2, 0.25) is 0 Å². The van der Waals surface area contributed by atoms with E-state index < -0.39 is 11.2 Å². The number of hydrogen-bond donors (Lipinski definition) is 0. The Labute approximate surface area is 176 Å². The number of likely N-dealkylation sites (tertiary alicyclic amines) is 1. The number of halogens is 1. The zero-order chi connectivity index (χ0) is 21.3. The minimum atomic E-state index is -0.558. The van der Waals surface area contributed by atoms with Crippen molar-refractivity contribution in [3.63, 3.8) is 0 Å². The average Bonchev–Trinajstić information content (AvgIpc) is 3.02. The van der Waals surface area contributed by atoms with Gasteiger partial charge in [0, 0.05) is 58.0 Å². The summed E-state index contributed by atoms with van der Waals surface area (Å²) in [5, 5.41) is 0. The highest BCUT2D eigenvalue weighted by molar-refractivity contribution is 5.94. The molecule has 2 aromatic rings. The second-order valence-corrected chi connectivity index (χ2v) is 8.49. The van der Waals surface area contributed by atoms with E-state index in [-0.39, 0.29) is 17.7 Å². The van der Waals surface area contributed by atoms with Gasteiger partial charge in [0.2, 0.25) is 5.91 Å². The molecule has 0 saturated carbocycles. The highest BCUT2D eigenvalue weighted by Gasteiger charge is 2.54. The molecular formula is C23H27FN4O2. The van der Waals surface area contributed by atoms with Gasteiger partial charge in [0.1, 0.15) is 11.6 Å².